The summed E-state index contributed by atoms with van der Waals surface area (Å²) in [5, 5.41) is 4.00. The number of hydrogen-bond acceptors (Lipinski definition) is 8. The van der Waals surface area contributed by atoms with Crippen molar-refractivity contribution in [3.8, 4) is 23.0 Å². The summed E-state index contributed by atoms with van der Waals surface area (Å²) < 4.78 is 50.1. The smallest absolute Gasteiger partial charge is 0.264 e. The van der Waals surface area contributed by atoms with Crippen LogP contribution in [-0.4, -0.2) is 54.5 Å². The number of amides is 1. The number of sulfonamides is 1. The van der Waals surface area contributed by atoms with E-state index < -0.39 is 22.5 Å². The van der Waals surface area contributed by atoms with Gasteiger partial charge in [-0.25, -0.2) is 13.8 Å². The molecule has 0 aromatic heterocycles. The molecule has 11 heteroatoms. The number of hydrazone groups is 1. The van der Waals surface area contributed by atoms with E-state index >= 15 is 0 Å². The molecule has 3 aromatic rings. The standard InChI is InChI=1S/C26H27N3O7S/c1-18-7-10-21(11-8-18)37(31,32)29(22-12-9-20(33-2)15-24(22)34-3)17-25(30)28-27-16-19-5-4-6-23-26(19)36-14-13-35-23/h4-12,15-16H,13-14,17H2,1-3H3,(H,28,30)/b27-16+. The maximum atomic E-state index is 13.6. The number of nitrogens with one attached hydrogen (secondary N) is 1. The van der Waals surface area contributed by atoms with Crippen LogP contribution in [0.5, 0.6) is 23.0 Å². The summed E-state index contributed by atoms with van der Waals surface area (Å²) in [6.45, 7) is 2.15. The van der Waals surface area contributed by atoms with Crippen LogP contribution in [0.15, 0.2) is 70.7 Å². The van der Waals surface area contributed by atoms with Crippen LogP contribution in [0.4, 0.5) is 5.69 Å². The van der Waals surface area contributed by atoms with Gasteiger partial charge in [0, 0.05) is 11.6 Å². The van der Waals surface area contributed by atoms with Crippen molar-refractivity contribution in [2.45, 2.75) is 11.8 Å². The Morgan fingerprint density at radius 2 is 1.81 bits per heavy atom. The number of para-hydroxylation sites is 1. The molecule has 194 valence electrons. The Bertz CT molecular complexity index is 1410. The Morgan fingerprint density at radius 3 is 2.54 bits per heavy atom. The number of fused-ring (bicyclic) bond motifs is 1. The third kappa shape index (κ3) is 5.78. The minimum Gasteiger partial charge on any atom is -0.497 e. The van der Waals surface area contributed by atoms with Crippen molar-refractivity contribution in [1.29, 1.82) is 0 Å². The van der Waals surface area contributed by atoms with Crippen molar-refractivity contribution in [2.24, 2.45) is 5.10 Å². The lowest BCUT2D eigenvalue weighted by atomic mass is 10.2. The van der Waals surface area contributed by atoms with E-state index in [-0.39, 0.29) is 16.3 Å². The summed E-state index contributed by atoms with van der Waals surface area (Å²) in [5.74, 6) is 1.15. The largest absolute Gasteiger partial charge is 0.497 e. The van der Waals surface area contributed by atoms with E-state index in [0.29, 0.717) is 36.0 Å². The van der Waals surface area contributed by atoms with E-state index in [1.54, 1.807) is 42.5 Å². The van der Waals surface area contributed by atoms with Crippen molar-refractivity contribution in [3.63, 3.8) is 0 Å². The minimum absolute atomic E-state index is 0.0281. The molecule has 0 aliphatic carbocycles. The van der Waals surface area contributed by atoms with Gasteiger partial charge in [0.05, 0.1) is 31.0 Å². The predicted molar refractivity (Wildman–Crippen MR) is 138 cm³/mol. The molecule has 37 heavy (non-hydrogen) atoms. The van der Waals surface area contributed by atoms with Crippen LogP contribution >= 0.6 is 0 Å². The molecule has 0 unspecified atom stereocenters. The van der Waals surface area contributed by atoms with Crippen molar-refractivity contribution in [1.82, 2.24) is 5.43 Å². The number of benzene rings is 3. The summed E-state index contributed by atoms with van der Waals surface area (Å²) in [7, 11) is -1.25. The van der Waals surface area contributed by atoms with E-state index in [9.17, 15) is 13.2 Å². The molecular weight excluding hydrogens is 498 g/mol. The Kier molecular flexibility index (Phi) is 7.83. The normalized spacial score (nSPS) is 12.7. The second-order valence-electron chi connectivity index (χ2n) is 8.03. The third-order valence-corrected chi connectivity index (χ3v) is 7.32. The van der Waals surface area contributed by atoms with Crippen LogP contribution in [0.25, 0.3) is 0 Å². The first-order valence-electron chi connectivity index (χ1n) is 11.4. The number of aryl methyl sites for hydroxylation is 1. The molecular formula is C26H27N3O7S. The van der Waals surface area contributed by atoms with Gasteiger partial charge in [0.25, 0.3) is 15.9 Å². The van der Waals surface area contributed by atoms with Crippen LogP contribution in [-0.2, 0) is 14.8 Å². The van der Waals surface area contributed by atoms with E-state index in [4.69, 9.17) is 18.9 Å². The van der Waals surface area contributed by atoms with Crippen LogP contribution in [0.3, 0.4) is 0 Å². The summed E-state index contributed by atoms with van der Waals surface area (Å²) in [5.41, 5.74) is 4.08. The van der Waals surface area contributed by atoms with Crippen molar-refractivity contribution in [3.05, 3.63) is 71.8 Å². The van der Waals surface area contributed by atoms with E-state index in [1.807, 2.05) is 6.92 Å². The van der Waals surface area contributed by atoms with Crippen LogP contribution in [0.1, 0.15) is 11.1 Å². The van der Waals surface area contributed by atoms with Gasteiger partial charge in [-0.1, -0.05) is 23.8 Å². The van der Waals surface area contributed by atoms with Gasteiger partial charge in [0.1, 0.15) is 31.3 Å². The zero-order chi connectivity index (χ0) is 26.4. The molecule has 0 radical (unpaired) electrons. The van der Waals surface area contributed by atoms with Crippen LogP contribution in [0.2, 0.25) is 0 Å². The highest BCUT2D eigenvalue weighted by molar-refractivity contribution is 7.92. The number of carbonyl (C=O) groups excluding carboxylic acids is 1. The Labute approximate surface area is 215 Å². The number of anilines is 1. The lowest BCUT2D eigenvalue weighted by Crippen LogP contribution is -2.39. The van der Waals surface area contributed by atoms with Gasteiger partial charge in [0.2, 0.25) is 0 Å². The Hall–Kier alpha value is -4.25. The van der Waals surface area contributed by atoms with Crippen LogP contribution in [0, 0.1) is 6.92 Å². The number of methoxy groups -OCH3 is 2. The van der Waals surface area contributed by atoms with Gasteiger partial charge in [-0.3, -0.25) is 9.10 Å². The maximum Gasteiger partial charge on any atom is 0.264 e. The monoisotopic (exact) mass is 525 g/mol. The molecule has 0 atom stereocenters. The lowest BCUT2D eigenvalue weighted by Gasteiger charge is -2.25. The fourth-order valence-electron chi connectivity index (χ4n) is 3.67. The highest BCUT2D eigenvalue weighted by atomic mass is 32.2. The maximum absolute atomic E-state index is 13.6. The highest BCUT2D eigenvalue weighted by Gasteiger charge is 2.29. The molecule has 0 saturated carbocycles. The van der Waals surface area contributed by atoms with Gasteiger partial charge >= 0.3 is 0 Å². The van der Waals surface area contributed by atoms with Gasteiger partial charge in [-0.15, -0.1) is 0 Å². The number of carbonyl (C=O) groups is 1. The van der Waals surface area contributed by atoms with Crippen molar-refractivity contribution >= 4 is 27.8 Å². The second kappa shape index (κ2) is 11.2. The molecule has 0 bridgehead atoms. The zero-order valence-corrected chi connectivity index (χ0v) is 21.4. The summed E-state index contributed by atoms with van der Waals surface area (Å²) in [4.78, 5) is 12.9. The van der Waals surface area contributed by atoms with Gasteiger partial charge in [0.15, 0.2) is 11.5 Å². The summed E-state index contributed by atoms with van der Waals surface area (Å²) >= 11 is 0. The Balaban J connectivity index is 1.61. The topological polar surface area (TPSA) is 116 Å². The van der Waals surface area contributed by atoms with Crippen LogP contribution < -0.4 is 28.7 Å². The molecule has 0 spiro atoms. The SMILES string of the molecule is COc1ccc(N(CC(=O)N/N=C/c2cccc3c2OCCO3)S(=O)(=O)c2ccc(C)cc2)c(OC)c1. The number of ether oxygens (including phenoxy) is 4. The van der Waals surface area contributed by atoms with E-state index in [2.05, 4.69) is 10.5 Å². The molecule has 1 amide bonds. The number of nitrogens with zero attached hydrogens (tertiary/aromatic N) is 2. The molecule has 1 heterocycles. The molecule has 1 aliphatic rings. The fourth-order valence-corrected chi connectivity index (χ4v) is 5.10. The van der Waals surface area contributed by atoms with Gasteiger partial charge < -0.3 is 18.9 Å². The highest BCUT2D eigenvalue weighted by Crippen LogP contribution is 2.35. The first-order valence-corrected chi connectivity index (χ1v) is 12.8. The number of rotatable bonds is 9. The predicted octanol–water partition coefficient (Wildman–Crippen LogP) is 3.13. The van der Waals surface area contributed by atoms with Crippen molar-refractivity contribution in [2.75, 3.05) is 38.3 Å². The molecule has 0 fully saturated rings. The summed E-state index contributed by atoms with van der Waals surface area (Å²) in [6.07, 6.45) is 1.41. The molecule has 1 N–H and O–H groups in total. The van der Waals surface area contributed by atoms with Gasteiger partial charge in [-0.05, 0) is 43.3 Å². The summed E-state index contributed by atoms with van der Waals surface area (Å²) in [6, 6.07) is 16.3. The zero-order valence-electron chi connectivity index (χ0n) is 20.6. The number of hydrogen-bond donors (Lipinski definition) is 1. The Morgan fingerprint density at radius 1 is 1.05 bits per heavy atom. The first-order chi connectivity index (χ1) is 17.8. The molecule has 0 saturated heterocycles. The van der Waals surface area contributed by atoms with E-state index in [0.717, 1.165) is 9.87 Å². The average molecular weight is 526 g/mol. The van der Waals surface area contributed by atoms with Gasteiger partial charge in [-0.2, -0.15) is 5.10 Å². The first kappa shape index (κ1) is 25.8. The lowest BCUT2D eigenvalue weighted by molar-refractivity contribution is -0.119. The third-order valence-electron chi connectivity index (χ3n) is 5.54. The quantitative estimate of drug-likeness (QED) is 0.337. The molecule has 3 aromatic carbocycles. The second-order valence-corrected chi connectivity index (χ2v) is 9.89. The van der Waals surface area contributed by atoms with Crippen molar-refractivity contribution < 1.29 is 32.2 Å². The molecule has 4 rings (SSSR count). The average Bonchev–Trinajstić information content (AvgIpc) is 2.91. The minimum atomic E-state index is -4.14. The van der Waals surface area contributed by atoms with E-state index in [1.165, 1.54) is 38.6 Å². The molecule has 1 aliphatic heterocycles. The molecule has 10 nitrogen and oxygen atoms in total. The fraction of sp³-hybridized carbons (Fsp3) is 0.231.